The Kier molecular flexibility index (Phi) is 1.08. The van der Waals surface area contributed by atoms with Crippen LogP contribution in [-0.4, -0.2) is 0 Å². The van der Waals surface area contributed by atoms with Crippen LogP contribution in [-0.2, 0) is 0 Å². The fourth-order valence-corrected chi connectivity index (χ4v) is 0.536. The van der Waals surface area contributed by atoms with Gasteiger partial charge in [-0.25, -0.2) is 0 Å². The normalized spacial score (nSPS) is 17.5. The molecule has 0 aromatic heterocycles. The Morgan fingerprint density at radius 3 is 2.75 bits per heavy atom. The molecule has 0 fully saturated rings. The highest BCUT2D eigenvalue weighted by molar-refractivity contribution is 5.30. The maximum absolute atomic E-state index is 5.40. The van der Waals surface area contributed by atoms with Gasteiger partial charge >= 0.3 is 0 Å². The third-order valence-electron chi connectivity index (χ3n) is 0.885. The molecule has 1 aliphatic rings. The lowest BCUT2D eigenvalue weighted by Crippen LogP contribution is -2.08. The Bertz CT molecular complexity index is 165. The summed E-state index contributed by atoms with van der Waals surface area (Å²) in [6, 6.07) is 0. The summed E-state index contributed by atoms with van der Waals surface area (Å²) in [7, 11) is 0. The first-order chi connectivity index (χ1) is 3.79. The van der Waals surface area contributed by atoms with Gasteiger partial charge in [0.2, 0.25) is 0 Å². The number of rotatable bonds is 0. The molecule has 0 unspecified atom stereocenters. The number of nitrogens with two attached hydrogens (primary N) is 1. The minimum Gasteiger partial charge on any atom is -0.399 e. The molecule has 0 radical (unpaired) electrons. The van der Waals surface area contributed by atoms with Crippen LogP contribution in [0.3, 0.4) is 0 Å². The zero-order valence-corrected chi connectivity index (χ0v) is 4.52. The van der Waals surface area contributed by atoms with Crippen molar-refractivity contribution in [3.63, 3.8) is 0 Å². The monoisotopic (exact) mass is 108 g/mol. The van der Waals surface area contributed by atoms with E-state index in [1.807, 2.05) is 0 Å². The molecular weight excluding hydrogens is 100 g/mol. The van der Waals surface area contributed by atoms with E-state index in [1.54, 1.807) is 18.4 Å². The predicted octanol–water partition coefficient (Wildman–Crippen LogP) is 0.460. The summed E-state index contributed by atoms with van der Waals surface area (Å²) in [4.78, 5) is 0. The summed E-state index contributed by atoms with van der Waals surface area (Å²) >= 11 is 0. The van der Waals surface area contributed by atoms with Gasteiger partial charge in [-0.15, -0.1) is 0 Å². The van der Waals surface area contributed by atoms with Crippen molar-refractivity contribution in [2.45, 2.75) is 0 Å². The van der Waals surface area contributed by atoms with Crippen molar-refractivity contribution in [3.8, 4) is 0 Å². The number of hydrogen-bond acceptors (Lipinski definition) is 2. The van der Waals surface area contributed by atoms with Gasteiger partial charge in [0.15, 0.2) is 0 Å². The third-order valence-corrected chi connectivity index (χ3v) is 0.885. The molecule has 3 N–H and O–H groups in total. The van der Waals surface area contributed by atoms with Crippen molar-refractivity contribution < 1.29 is 0 Å². The van der Waals surface area contributed by atoms with E-state index < -0.39 is 0 Å². The second-order valence-electron chi connectivity index (χ2n) is 1.65. The minimum absolute atomic E-state index is 0.744. The highest BCUT2D eigenvalue weighted by Crippen LogP contribution is 1.98. The maximum atomic E-state index is 5.40. The molecule has 8 heavy (non-hydrogen) atoms. The van der Waals surface area contributed by atoms with Gasteiger partial charge in [-0.2, -0.15) is 0 Å². The van der Waals surface area contributed by atoms with Crippen molar-refractivity contribution in [1.29, 1.82) is 0 Å². The summed E-state index contributed by atoms with van der Waals surface area (Å²) in [5, 5.41) is 2.88. The maximum Gasteiger partial charge on any atom is 0.0349 e. The first kappa shape index (κ1) is 4.97. The number of dihydropyridines is 1. The van der Waals surface area contributed by atoms with Crippen LogP contribution in [0.25, 0.3) is 0 Å². The molecule has 2 heteroatoms. The van der Waals surface area contributed by atoms with Crippen LogP contribution >= 0.6 is 0 Å². The molecule has 0 saturated heterocycles. The average molecular weight is 108 g/mol. The van der Waals surface area contributed by atoms with Crippen LogP contribution in [0.1, 0.15) is 0 Å². The standard InChI is InChI=1S/C6H8N2/c1-5-4-6(7)2-3-8-5/h2-4,8H,1,7H2. The molecule has 0 aliphatic carbocycles. The molecule has 1 aliphatic heterocycles. The van der Waals surface area contributed by atoms with E-state index in [-0.39, 0.29) is 0 Å². The van der Waals surface area contributed by atoms with Crippen molar-refractivity contribution in [2.24, 2.45) is 5.73 Å². The molecule has 1 heterocycles. The smallest absolute Gasteiger partial charge is 0.0349 e. The Balaban J connectivity index is 2.77. The van der Waals surface area contributed by atoms with Gasteiger partial charge in [-0.3, -0.25) is 0 Å². The zero-order chi connectivity index (χ0) is 5.98. The van der Waals surface area contributed by atoms with Gasteiger partial charge < -0.3 is 11.1 Å². The Morgan fingerprint density at radius 1 is 1.62 bits per heavy atom. The van der Waals surface area contributed by atoms with E-state index in [2.05, 4.69) is 11.9 Å². The second kappa shape index (κ2) is 1.74. The molecule has 0 amide bonds. The van der Waals surface area contributed by atoms with E-state index in [9.17, 15) is 0 Å². The molecule has 0 atom stereocenters. The number of hydrogen-bond donors (Lipinski definition) is 2. The quantitative estimate of drug-likeness (QED) is 0.473. The SMILES string of the molecule is C=C1C=C(N)C=CN1. The van der Waals surface area contributed by atoms with Crippen molar-refractivity contribution in [2.75, 3.05) is 0 Å². The summed E-state index contributed by atoms with van der Waals surface area (Å²) in [5.41, 5.74) is 6.98. The summed E-state index contributed by atoms with van der Waals surface area (Å²) in [6.45, 7) is 3.65. The largest absolute Gasteiger partial charge is 0.399 e. The molecule has 0 bridgehead atoms. The van der Waals surface area contributed by atoms with E-state index in [0.29, 0.717) is 0 Å². The zero-order valence-electron chi connectivity index (χ0n) is 4.52. The topological polar surface area (TPSA) is 38.0 Å². The fraction of sp³-hybridized carbons (Fsp3) is 0. The summed E-state index contributed by atoms with van der Waals surface area (Å²) in [5.74, 6) is 0. The van der Waals surface area contributed by atoms with Crippen LogP contribution in [0.2, 0.25) is 0 Å². The highest BCUT2D eigenvalue weighted by atomic mass is 14.9. The van der Waals surface area contributed by atoms with Crippen LogP contribution in [0.15, 0.2) is 36.3 Å². The van der Waals surface area contributed by atoms with Crippen LogP contribution in [0, 0.1) is 0 Å². The van der Waals surface area contributed by atoms with E-state index >= 15 is 0 Å². The Hall–Kier alpha value is -1.18. The molecular formula is C6H8N2. The number of allylic oxidation sites excluding steroid dienone is 2. The first-order valence-electron chi connectivity index (χ1n) is 2.38. The predicted molar refractivity (Wildman–Crippen MR) is 33.7 cm³/mol. The van der Waals surface area contributed by atoms with Gasteiger partial charge in [0.05, 0.1) is 0 Å². The van der Waals surface area contributed by atoms with Crippen LogP contribution in [0.5, 0.6) is 0 Å². The lowest BCUT2D eigenvalue weighted by molar-refractivity contribution is 1.08. The van der Waals surface area contributed by atoms with Gasteiger partial charge in [-0.1, -0.05) is 6.58 Å². The molecule has 0 aromatic rings. The summed E-state index contributed by atoms with van der Waals surface area (Å²) in [6.07, 6.45) is 5.33. The highest BCUT2D eigenvalue weighted by Gasteiger charge is 1.90. The fourth-order valence-electron chi connectivity index (χ4n) is 0.536. The van der Waals surface area contributed by atoms with Gasteiger partial charge in [-0.05, 0) is 12.2 Å². The van der Waals surface area contributed by atoms with E-state index in [0.717, 1.165) is 11.4 Å². The lowest BCUT2D eigenvalue weighted by atomic mass is 10.3. The van der Waals surface area contributed by atoms with Gasteiger partial charge in [0, 0.05) is 17.6 Å². The average Bonchev–Trinajstić information content (AvgIpc) is 1.64. The molecule has 0 aromatic carbocycles. The van der Waals surface area contributed by atoms with E-state index in [4.69, 9.17) is 5.73 Å². The third kappa shape index (κ3) is 0.904. The Labute approximate surface area is 48.4 Å². The second-order valence-corrected chi connectivity index (χ2v) is 1.65. The van der Waals surface area contributed by atoms with Crippen molar-refractivity contribution in [3.05, 3.63) is 36.3 Å². The van der Waals surface area contributed by atoms with Crippen molar-refractivity contribution >= 4 is 0 Å². The van der Waals surface area contributed by atoms with Crippen LogP contribution in [0.4, 0.5) is 0 Å². The lowest BCUT2D eigenvalue weighted by Gasteiger charge is -2.04. The number of nitrogens with one attached hydrogen (secondary N) is 1. The van der Waals surface area contributed by atoms with Crippen molar-refractivity contribution in [1.82, 2.24) is 5.32 Å². The molecule has 0 spiro atoms. The van der Waals surface area contributed by atoms with Crippen LogP contribution < -0.4 is 11.1 Å². The van der Waals surface area contributed by atoms with E-state index in [1.165, 1.54) is 0 Å². The van der Waals surface area contributed by atoms with Gasteiger partial charge in [0.1, 0.15) is 0 Å². The van der Waals surface area contributed by atoms with Gasteiger partial charge in [0.25, 0.3) is 0 Å². The molecule has 0 saturated carbocycles. The molecule has 1 rings (SSSR count). The first-order valence-corrected chi connectivity index (χ1v) is 2.38. The minimum atomic E-state index is 0.744. The molecule has 42 valence electrons. The molecule has 2 nitrogen and oxygen atoms in total. The summed E-state index contributed by atoms with van der Waals surface area (Å²) < 4.78 is 0. The Morgan fingerprint density at radius 2 is 2.38 bits per heavy atom.